The van der Waals surface area contributed by atoms with Crippen LogP contribution < -0.4 is 5.73 Å². The van der Waals surface area contributed by atoms with E-state index in [2.05, 4.69) is 23.1 Å². The smallest absolute Gasteiger partial charge is 0.153 e. The zero-order chi connectivity index (χ0) is 12.5. The minimum Gasteiger partial charge on any atom is -0.382 e. The predicted octanol–water partition coefficient (Wildman–Crippen LogP) is 2.37. The van der Waals surface area contributed by atoms with Crippen LogP contribution in [0.1, 0.15) is 11.3 Å². The number of rotatable bonds is 2. The average Bonchev–Trinajstić information content (AvgIpc) is 2.70. The third-order valence-electron chi connectivity index (χ3n) is 3.10. The van der Waals surface area contributed by atoms with E-state index in [1.165, 1.54) is 0 Å². The summed E-state index contributed by atoms with van der Waals surface area (Å²) in [6.07, 6.45) is 1.80. The number of nitrogens with two attached hydrogens (primary N) is 1. The van der Waals surface area contributed by atoms with Crippen molar-refractivity contribution < 1.29 is 0 Å². The molecule has 3 rings (SSSR count). The van der Waals surface area contributed by atoms with Crippen molar-refractivity contribution in [1.82, 2.24) is 14.8 Å². The quantitative estimate of drug-likeness (QED) is 0.745. The topological polar surface area (TPSA) is 56.7 Å². The Morgan fingerprint density at radius 2 is 2.00 bits per heavy atom. The lowest BCUT2D eigenvalue weighted by atomic mass is 10.2. The molecule has 0 saturated carbocycles. The average molecular weight is 238 g/mol. The highest BCUT2D eigenvalue weighted by Crippen LogP contribution is 2.20. The van der Waals surface area contributed by atoms with Gasteiger partial charge in [0, 0.05) is 11.6 Å². The Hall–Kier alpha value is -2.36. The molecule has 4 nitrogen and oxygen atoms in total. The van der Waals surface area contributed by atoms with Gasteiger partial charge < -0.3 is 5.73 Å². The van der Waals surface area contributed by atoms with E-state index in [1.807, 2.05) is 35.0 Å². The zero-order valence-electron chi connectivity index (χ0n) is 10.2. The number of pyridine rings is 1. The van der Waals surface area contributed by atoms with Crippen molar-refractivity contribution >= 4 is 16.7 Å². The maximum absolute atomic E-state index is 5.92. The minimum absolute atomic E-state index is 0.569. The molecule has 3 aromatic rings. The van der Waals surface area contributed by atoms with E-state index in [4.69, 9.17) is 5.73 Å². The number of hydrogen-bond donors (Lipinski definition) is 1. The Labute approximate surface area is 105 Å². The molecule has 0 fully saturated rings. The van der Waals surface area contributed by atoms with E-state index in [0.29, 0.717) is 12.4 Å². The van der Waals surface area contributed by atoms with Crippen LogP contribution in [0, 0.1) is 6.92 Å². The van der Waals surface area contributed by atoms with E-state index in [9.17, 15) is 0 Å². The highest BCUT2D eigenvalue weighted by molar-refractivity contribution is 5.89. The lowest BCUT2D eigenvalue weighted by molar-refractivity contribution is 0.696. The zero-order valence-corrected chi connectivity index (χ0v) is 10.2. The largest absolute Gasteiger partial charge is 0.382 e. The van der Waals surface area contributed by atoms with Gasteiger partial charge >= 0.3 is 0 Å². The SMILES string of the molecule is Cc1cccnc1Cn1nc(N)c2ccccc21. The van der Waals surface area contributed by atoms with Gasteiger partial charge in [0.1, 0.15) is 0 Å². The molecule has 0 spiro atoms. The second-order valence-electron chi connectivity index (χ2n) is 4.33. The molecule has 0 aliphatic carbocycles. The highest BCUT2D eigenvalue weighted by atomic mass is 15.3. The fourth-order valence-corrected chi connectivity index (χ4v) is 2.10. The summed E-state index contributed by atoms with van der Waals surface area (Å²) in [7, 11) is 0. The third-order valence-corrected chi connectivity index (χ3v) is 3.10. The standard InChI is InChI=1S/C14H14N4/c1-10-5-4-8-16-12(10)9-18-13-7-3-2-6-11(13)14(15)17-18/h2-8H,9H2,1H3,(H2,15,17). The van der Waals surface area contributed by atoms with Gasteiger partial charge in [-0.2, -0.15) is 5.10 Å². The molecule has 0 amide bonds. The van der Waals surface area contributed by atoms with Crippen molar-refractivity contribution in [3.05, 3.63) is 53.9 Å². The Morgan fingerprint density at radius 1 is 1.17 bits per heavy atom. The molecule has 0 saturated heterocycles. The number of fused-ring (bicyclic) bond motifs is 1. The number of hydrogen-bond acceptors (Lipinski definition) is 3. The van der Waals surface area contributed by atoms with Crippen molar-refractivity contribution in [2.45, 2.75) is 13.5 Å². The van der Waals surface area contributed by atoms with Crippen LogP contribution in [0.25, 0.3) is 10.9 Å². The van der Waals surface area contributed by atoms with Crippen molar-refractivity contribution in [3.8, 4) is 0 Å². The van der Waals surface area contributed by atoms with E-state index >= 15 is 0 Å². The molecule has 0 bridgehead atoms. The molecule has 2 aromatic heterocycles. The number of aromatic nitrogens is 3. The number of para-hydroxylation sites is 1. The van der Waals surface area contributed by atoms with Gasteiger partial charge in [-0.15, -0.1) is 0 Å². The van der Waals surface area contributed by atoms with Crippen LogP contribution in [-0.2, 0) is 6.54 Å². The molecule has 90 valence electrons. The maximum atomic E-state index is 5.92. The molecular formula is C14H14N4. The van der Waals surface area contributed by atoms with Crippen molar-refractivity contribution in [2.75, 3.05) is 5.73 Å². The van der Waals surface area contributed by atoms with Crippen LogP contribution in [0.15, 0.2) is 42.6 Å². The van der Waals surface area contributed by atoms with E-state index in [0.717, 1.165) is 22.2 Å². The molecule has 0 aliphatic heterocycles. The number of nitrogens with zero attached hydrogens (tertiary/aromatic N) is 3. The number of nitrogen functional groups attached to an aromatic ring is 1. The van der Waals surface area contributed by atoms with Crippen molar-refractivity contribution in [1.29, 1.82) is 0 Å². The third kappa shape index (κ3) is 1.72. The van der Waals surface area contributed by atoms with Crippen LogP contribution in [0.3, 0.4) is 0 Å². The summed E-state index contributed by atoms with van der Waals surface area (Å²) in [6, 6.07) is 12.0. The van der Waals surface area contributed by atoms with Crippen LogP contribution in [-0.4, -0.2) is 14.8 Å². The van der Waals surface area contributed by atoms with E-state index in [-0.39, 0.29) is 0 Å². The maximum Gasteiger partial charge on any atom is 0.153 e. The predicted molar refractivity (Wildman–Crippen MR) is 72.2 cm³/mol. The molecule has 0 aliphatic rings. The molecule has 1 aromatic carbocycles. The van der Waals surface area contributed by atoms with E-state index < -0.39 is 0 Å². The first kappa shape index (κ1) is 10.8. The lowest BCUT2D eigenvalue weighted by Crippen LogP contribution is -2.05. The molecule has 2 heterocycles. The highest BCUT2D eigenvalue weighted by Gasteiger charge is 2.08. The Kier molecular flexibility index (Phi) is 2.48. The fraction of sp³-hybridized carbons (Fsp3) is 0.143. The normalized spacial score (nSPS) is 10.9. The first-order valence-electron chi connectivity index (χ1n) is 5.87. The summed E-state index contributed by atoms with van der Waals surface area (Å²) >= 11 is 0. The first-order valence-corrected chi connectivity index (χ1v) is 5.87. The molecular weight excluding hydrogens is 224 g/mol. The summed E-state index contributed by atoms with van der Waals surface area (Å²) in [5.74, 6) is 0.569. The lowest BCUT2D eigenvalue weighted by Gasteiger charge is -2.05. The molecule has 4 heteroatoms. The molecule has 2 N–H and O–H groups in total. The summed E-state index contributed by atoms with van der Waals surface area (Å²) in [5, 5.41) is 5.37. The Bertz CT molecular complexity index is 700. The molecule has 0 atom stereocenters. The van der Waals surface area contributed by atoms with Gasteiger partial charge in [0.15, 0.2) is 5.82 Å². The van der Waals surface area contributed by atoms with E-state index in [1.54, 1.807) is 6.20 Å². The van der Waals surface area contributed by atoms with Gasteiger partial charge in [0.05, 0.1) is 17.8 Å². The molecule has 0 unspecified atom stereocenters. The van der Waals surface area contributed by atoms with Gasteiger partial charge in [-0.05, 0) is 30.7 Å². The van der Waals surface area contributed by atoms with Gasteiger partial charge in [0.25, 0.3) is 0 Å². The Morgan fingerprint density at radius 3 is 2.83 bits per heavy atom. The Balaban J connectivity index is 2.08. The second kappa shape index (κ2) is 4.14. The van der Waals surface area contributed by atoms with Gasteiger partial charge in [0.2, 0.25) is 0 Å². The van der Waals surface area contributed by atoms with Crippen LogP contribution in [0.4, 0.5) is 5.82 Å². The van der Waals surface area contributed by atoms with Crippen molar-refractivity contribution in [3.63, 3.8) is 0 Å². The summed E-state index contributed by atoms with van der Waals surface area (Å²) in [6.45, 7) is 2.70. The molecule has 0 radical (unpaired) electrons. The van der Waals surface area contributed by atoms with Crippen LogP contribution in [0.5, 0.6) is 0 Å². The van der Waals surface area contributed by atoms with Crippen LogP contribution in [0.2, 0.25) is 0 Å². The van der Waals surface area contributed by atoms with Crippen LogP contribution >= 0.6 is 0 Å². The summed E-state index contributed by atoms with van der Waals surface area (Å²) in [5.41, 5.74) is 9.14. The number of anilines is 1. The minimum atomic E-state index is 0.569. The first-order chi connectivity index (χ1) is 8.75. The monoisotopic (exact) mass is 238 g/mol. The molecule has 18 heavy (non-hydrogen) atoms. The van der Waals surface area contributed by atoms with Gasteiger partial charge in [-0.1, -0.05) is 18.2 Å². The van der Waals surface area contributed by atoms with Crippen molar-refractivity contribution in [2.24, 2.45) is 0 Å². The number of aryl methyl sites for hydroxylation is 1. The fourth-order valence-electron chi connectivity index (χ4n) is 2.10. The van der Waals surface area contributed by atoms with Gasteiger partial charge in [-0.25, -0.2) is 0 Å². The summed E-state index contributed by atoms with van der Waals surface area (Å²) in [4.78, 5) is 4.39. The second-order valence-corrected chi connectivity index (χ2v) is 4.33. The van der Waals surface area contributed by atoms with Gasteiger partial charge in [-0.3, -0.25) is 9.67 Å². The number of benzene rings is 1. The summed E-state index contributed by atoms with van der Waals surface area (Å²) < 4.78 is 1.90.